The number of fused-ring (bicyclic) bond motifs is 1. The molecule has 0 atom stereocenters. The maximum Gasteiger partial charge on any atom is 0.160 e. The standard InChI is InChI=1S/C23H34N2O/c1-16-12-18-15-23(2,3)24-20(19(18)13-21(16)25(4)5)14-22(26)17-10-8-6-7-9-11-17/h12-14,17,24H,6-11,15H2,1-5H3/b20-14-. The van der Waals surface area contributed by atoms with E-state index in [1.54, 1.807) is 0 Å². The molecule has 3 heteroatoms. The van der Waals surface area contributed by atoms with Gasteiger partial charge in [0.25, 0.3) is 0 Å². The molecule has 0 aromatic heterocycles. The van der Waals surface area contributed by atoms with Crippen LogP contribution in [0.3, 0.4) is 0 Å². The first-order valence-corrected chi connectivity index (χ1v) is 10.1. The van der Waals surface area contributed by atoms with Crippen LogP contribution in [0.2, 0.25) is 0 Å². The highest BCUT2D eigenvalue weighted by molar-refractivity contribution is 5.99. The number of hydrogen-bond acceptors (Lipinski definition) is 3. The molecule has 0 saturated heterocycles. The van der Waals surface area contributed by atoms with E-state index in [-0.39, 0.29) is 11.5 Å². The Morgan fingerprint density at radius 3 is 2.42 bits per heavy atom. The molecule has 142 valence electrons. The number of hydrogen-bond donors (Lipinski definition) is 1. The normalized spacial score (nSPS) is 21.7. The molecule has 1 fully saturated rings. The van der Waals surface area contributed by atoms with Crippen molar-refractivity contribution in [2.24, 2.45) is 5.92 Å². The molecule has 0 spiro atoms. The Bertz CT molecular complexity index is 707. The summed E-state index contributed by atoms with van der Waals surface area (Å²) in [5, 5.41) is 3.64. The monoisotopic (exact) mass is 354 g/mol. The lowest BCUT2D eigenvalue weighted by Gasteiger charge is -2.36. The minimum Gasteiger partial charge on any atom is -0.379 e. The summed E-state index contributed by atoms with van der Waals surface area (Å²) in [5.41, 5.74) is 6.03. The van der Waals surface area contributed by atoms with Gasteiger partial charge in [-0.15, -0.1) is 0 Å². The maximum atomic E-state index is 13.0. The summed E-state index contributed by atoms with van der Waals surface area (Å²) in [4.78, 5) is 15.2. The Balaban J connectivity index is 1.98. The molecule has 1 aliphatic carbocycles. The summed E-state index contributed by atoms with van der Waals surface area (Å²) in [6.07, 6.45) is 9.93. The molecule has 1 aromatic carbocycles. The lowest BCUT2D eigenvalue weighted by Crippen LogP contribution is -2.44. The van der Waals surface area contributed by atoms with Gasteiger partial charge in [-0.3, -0.25) is 4.79 Å². The van der Waals surface area contributed by atoms with E-state index in [4.69, 9.17) is 0 Å². The molecular formula is C23H34N2O. The van der Waals surface area contributed by atoms with Crippen LogP contribution < -0.4 is 10.2 Å². The minimum absolute atomic E-state index is 0.0331. The highest BCUT2D eigenvalue weighted by Crippen LogP contribution is 2.35. The third-order valence-electron chi connectivity index (χ3n) is 5.84. The summed E-state index contributed by atoms with van der Waals surface area (Å²) >= 11 is 0. The molecule has 26 heavy (non-hydrogen) atoms. The largest absolute Gasteiger partial charge is 0.379 e. The second-order valence-corrected chi connectivity index (χ2v) is 9.02. The number of anilines is 1. The molecule has 3 nitrogen and oxygen atoms in total. The summed E-state index contributed by atoms with van der Waals surface area (Å²) in [5.74, 6) is 0.518. The topological polar surface area (TPSA) is 32.3 Å². The van der Waals surface area contributed by atoms with Gasteiger partial charge in [0.2, 0.25) is 0 Å². The molecule has 1 aliphatic heterocycles. The van der Waals surface area contributed by atoms with Crippen molar-refractivity contribution >= 4 is 17.2 Å². The number of rotatable bonds is 3. The zero-order valence-corrected chi connectivity index (χ0v) is 17.1. The van der Waals surface area contributed by atoms with Gasteiger partial charge in [-0.2, -0.15) is 0 Å². The van der Waals surface area contributed by atoms with Crippen LogP contribution in [0.4, 0.5) is 5.69 Å². The smallest absolute Gasteiger partial charge is 0.160 e. The highest BCUT2D eigenvalue weighted by Gasteiger charge is 2.29. The van der Waals surface area contributed by atoms with E-state index in [1.807, 2.05) is 6.08 Å². The predicted octanol–water partition coefficient (Wildman–Crippen LogP) is 4.87. The highest BCUT2D eigenvalue weighted by atomic mass is 16.1. The number of allylic oxidation sites excluding steroid dienone is 1. The van der Waals surface area contributed by atoms with Crippen LogP contribution in [0.1, 0.15) is 69.1 Å². The van der Waals surface area contributed by atoms with Gasteiger partial charge in [0, 0.05) is 48.6 Å². The van der Waals surface area contributed by atoms with Crippen LogP contribution in [0.15, 0.2) is 18.2 Å². The van der Waals surface area contributed by atoms with Crippen molar-refractivity contribution in [2.75, 3.05) is 19.0 Å². The number of ketones is 1. The van der Waals surface area contributed by atoms with E-state index in [1.165, 1.54) is 48.1 Å². The van der Waals surface area contributed by atoms with Gasteiger partial charge in [0.05, 0.1) is 0 Å². The van der Waals surface area contributed by atoms with Crippen LogP contribution in [0, 0.1) is 12.8 Å². The molecular weight excluding hydrogens is 320 g/mol. The van der Waals surface area contributed by atoms with Crippen LogP contribution in [-0.4, -0.2) is 25.4 Å². The number of carbonyl (C=O) groups is 1. The van der Waals surface area contributed by atoms with Crippen LogP contribution in [-0.2, 0) is 11.2 Å². The number of nitrogens with one attached hydrogen (secondary N) is 1. The van der Waals surface area contributed by atoms with E-state index in [0.717, 1.165) is 25.0 Å². The third kappa shape index (κ3) is 4.13. The Morgan fingerprint density at radius 2 is 1.81 bits per heavy atom. The quantitative estimate of drug-likeness (QED) is 0.621. The number of carbonyl (C=O) groups excluding carboxylic acids is 1. The molecule has 2 aliphatic rings. The lowest BCUT2D eigenvalue weighted by atomic mass is 9.83. The summed E-state index contributed by atoms with van der Waals surface area (Å²) in [7, 11) is 4.16. The number of benzene rings is 1. The molecule has 0 radical (unpaired) electrons. The Hall–Kier alpha value is -1.77. The SMILES string of the molecule is Cc1cc2c(cc1N(C)C)/C(=C/C(=O)C1CCCCCC1)NC(C)(C)C2. The maximum absolute atomic E-state index is 13.0. The van der Waals surface area contributed by atoms with E-state index in [0.29, 0.717) is 5.78 Å². The van der Waals surface area contributed by atoms with Gasteiger partial charge in [-0.1, -0.05) is 31.7 Å². The first-order valence-electron chi connectivity index (χ1n) is 10.1. The first kappa shape index (κ1) is 19.0. The van der Waals surface area contributed by atoms with E-state index < -0.39 is 0 Å². The fourth-order valence-corrected chi connectivity index (χ4v) is 4.53. The second kappa shape index (κ2) is 7.46. The van der Waals surface area contributed by atoms with Gasteiger partial charge in [0.15, 0.2) is 5.78 Å². The van der Waals surface area contributed by atoms with Gasteiger partial charge >= 0.3 is 0 Å². The van der Waals surface area contributed by atoms with Crippen LogP contribution in [0.5, 0.6) is 0 Å². The predicted molar refractivity (Wildman–Crippen MR) is 111 cm³/mol. The molecule has 0 amide bonds. The summed E-state index contributed by atoms with van der Waals surface area (Å²) in [6, 6.07) is 4.55. The van der Waals surface area contributed by atoms with Crippen molar-refractivity contribution in [1.82, 2.24) is 5.32 Å². The van der Waals surface area contributed by atoms with Crippen molar-refractivity contribution in [2.45, 2.75) is 71.3 Å². The van der Waals surface area contributed by atoms with E-state index >= 15 is 0 Å². The average Bonchev–Trinajstić information content (AvgIpc) is 2.82. The van der Waals surface area contributed by atoms with E-state index in [2.05, 4.69) is 57.2 Å². The molecule has 1 aromatic rings. The summed E-state index contributed by atoms with van der Waals surface area (Å²) in [6.45, 7) is 6.61. The van der Waals surface area contributed by atoms with Gasteiger partial charge in [-0.05, 0) is 57.2 Å². The van der Waals surface area contributed by atoms with Crippen molar-refractivity contribution < 1.29 is 4.79 Å². The summed E-state index contributed by atoms with van der Waals surface area (Å²) < 4.78 is 0. The average molecular weight is 355 g/mol. The minimum atomic E-state index is -0.0331. The fourth-order valence-electron chi connectivity index (χ4n) is 4.53. The second-order valence-electron chi connectivity index (χ2n) is 9.02. The van der Waals surface area contributed by atoms with Crippen molar-refractivity contribution in [3.63, 3.8) is 0 Å². The molecule has 1 heterocycles. The Labute approximate surface area is 158 Å². The first-order chi connectivity index (χ1) is 12.3. The van der Waals surface area contributed by atoms with Crippen LogP contribution >= 0.6 is 0 Å². The lowest BCUT2D eigenvalue weighted by molar-refractivity contribution is -0.118. The van der Waals surface area contributed by atoms with Crippen LogP contribution in [0.25, 0.3) is 5.70 Å². The fraction of sp³-hybridized carbons (Fsp3) is 0.609. The van der Waals surface area contributed by atoms with Crippen molar-refractivity contribution in [1.29, 1.82) is 0 Å². The molecule has 1 saturated carbocycles. The Kier molecular flexibility index (Phi) is 5.45. The number of nitrogens with zero attached hydrogens (tertiary/aromatic N) is 1. The van der Waals surface area contributed by atoms with E-state index in [9.17, 15) is 4.79 Å². The van der Waals surface area contributed by atoms with Gasteiger partial charge < -0.3 is 10.2 Å². The van der Waals surface area contributed by atoms with Gasteiger partial charge in [0.1, 0.15) is 0 Å². The van der Waals surface area contributed by atoms with Crippen molar-refractivity contribution in [3.8, 4) is 0 Å². The number of aryl methyl sites for hydroxylation is 1. The van der Waals surface area contributed by atoms with Gasteiger partial charge in [-0.25, -0.2) is 0 Å². The zero-order valence-electron chi connectivity index (χ0n) is 17.1. The third-order valence-corrected chi connectivity index (χ3v) is 5.84. The Morgan fingerprint density at radius 1 is 1.15 bits per heavy atom. The molecule has 0 unspecified atom stereocenters. The van der Waals surface area contributed by atoms with Crippen molar-refractivity contribution in [3.05, 3.63) is 34.9 Å². The molecule has 0 bridgehead atoms. The molecule has 3 rings (SSSR count). The zero-order chi connectivity index (χ0) is 18.9. The molecule has 1 N–H and O–H groups in total.